The van der Waals surface area contributed by atoms with E-state index in [0.717, 1.165) is 0 Å². The number of rotatable bonds is 7. The SMILES string of the molecule is COc1ccc(Cl)cc1N1C[C@@H](C(=O)OCC(=O)C(C#N)C(C)=N)CC1=O. The number of Topliss-reactive ketones (excluding diaryl/α,β-unsaturated/α-hetero) is 1. The third-order valence-electron chi connectivity index (χ3n) is 4.13. The Hall–Kier alpha value is -2.92. The minimum Gasteiger partial charge on any atom is -0.495 e. The predicted octanol–water partition coefficient (Wildman–Crippen LogP) is 1.99. The van der Waals surface area contributed by atoms with Crippen LogP contribution in [0.5, 0.6) is 5.75 Å². The Kier molecular flexibility index (Phi) is 6.53. The van der Waals surface area contributed by atoms with Gasteiger partial charge in [0.15, 0.2) is 12.4 Å². The maximum absolute atomic E-state index is 12.3. The molecule has 0 saturated carbocycles. The fraction of sp³-hybridized carbons (Fsp3) is 0.389. The molecule has 1 unspecified atom stereocenters. The Labute approximate surface area is 161 Å². The van der Waals surface area contributed by atoms with E-state index in [1.807, 2.05) is 0 Å². The first-order valence-corrected chi connectivity index (χ1v) is 8.44. The summed E-state index contributed by atoms with van der Waals surface area (Å²) in [4.78, 5) is 37.8. The van der Waals surface area contributed by atoms with Crippen LogP contribution < -0.4 is 9.64 Å². The highest BCUT2D eigenvalue weighted by Gasteiger charge is 2.37. The molecule has 2 atom stereocenters. The lowest BCUT2D eigenvalue weighted by atomic mass is 10.0. The molecular formula is C18H18ClN3O5. The molecule has 142 valence electrons. The van der Waals surface area contributed by atoms with Gasteiger partial charge in [0.2, 0.25) is 5.91 Å². The van der Waals surface area contributed by atoms with E-state index in [4.69, 9.17) is 31.7 Å². The van der Waals surface area contributed by atoms with Gasteiger partial charge >= 0.3 is 5.97 Å². The summed E-state index contributed by atoms with van der Waals surface area (Å²) in [6, 6.07) is 6.51. The van der Waals surface area contributed by atoms with E-state index in [-0.39, 0.29) is 24.6 Å². The molecular weight excluding hydrogens is 374 g/mol. The second-order valence-electron chi connectivity index (χ2n) is 6.04. The number of halogens is 1. The number of nitrogens with zero attached hydrogens (tertiary/aromatic N) is 2. The van der Waals surface area contributed by atoms with E-state index in [0.29, 0.717) is 16.5 Å². The third-order valence-corrected chi connectivity index (χ3v) is 4.37. The van der Waals surface area contributed by atoms with E-state index in [1.165, 1.54) is 18.9 Å². The number of methoxy groups -OCH3 is 1. The third kappa shape index (κ3) is 4.63. The Morgan fingerprint density at radius 2 is 2.19 bits per heavy atom. The van der Waals surface area contributed by atoms with Gasteiger partial charge in [0.1, 0.15) is 11.7 Å². The molecule has 27 heavy (non-hydrogen) atoms. The average molecular weight is 392 g/mol. The van der Waals surface area contributed by atoms with Crippen LogP contribution in [0.25, 0.3) is 0 Å². The fourth-order valence-electron chi connectivity index (χ4n) is 2.73. The van der Waals surface area contributed by atoms with Crippen molar-refractivity contribution in [1.82, 2.24) is 0 Å². The number of nitrogens with one attached hydrogen (secondary N) is 1. The van der Waals surface area contributed by atoms with Gasteiger partial charge in [-0.3, -0.25) is 14.4 Å². The maximum Gasteiger partial charge on any atom is 0.311 e. The summed E-state index contributed by atoms with van der Waals surface area (Å²) in [7, 11) is 1.46. The van der Waals surface area contributed by atoms with Crippen LogP contribution in [0.1, 0.15) is 13.3 Å². The van der Waals surface area contributed by atoms with Crippen LogP contribution in [0.4, 0.5) is 5.69 Å². The molecule has 1 N–H and O–H groups in total. The summed E-state index contributed by atoms with van der Waals surface area (Å²) >= 11 is 5.99. The molecule has 1 saturated heterocycles. The zero-order valence-electron chi connectivity index (χ0n) is 14.8. The molecule has 0 aliphatic carbocycles. The van der Waals surface area contributed by atoms with Crippen molar-refractivity contribution in [3.8, 4) is 11.8 Å². The van der Waals surface area contributed by atoms with Crippen LogP contribution in [-0.4, -0.2) is 43.6 Å². The highest BCUT2D eigenvalue weighted by Crippen LogP contribution is 2.35. The second kappa shape index (κ2) is 8.64. The summed E-state index contributed by atoms with van der Waals surface area (Å²) in [5, 5.41) is 16.7. The lowest BCUT2D eigenvalue weighted by molar-refractivity contribution is -0.152. The predicted molar refractivity (Wildman–Crippen MR) is 96.9 cm³/mol. The smallest absolute Gasteiger partial charge is 0.311 e. The molecule has 1 heterocycles. The van der Waals surface area contributed by atoms with Gasteiger partial charge in [-0.2, -0.15) is 5.26 Å². The highest BCUT2D eigenvalue weighted by molar-refractivity contribution is 6.31. The van der Waals surface area contributed by atoms with Gasteiger partial charge < -0.3 is 19.8 Å². The van der Waals surface area contributed by atoms with Gasteiger partial charge in [-0.25, -0.2) is 0 Å². The van der Waals surface area contributed by atoms with Crippen LogP contribution in [0.3, 0.4) is 0 Å². The number of ketones is 1. The van der Waals surface area contributed by atoms with Gasteiger partial charge in [-0.15, -0.1) is 0 Å². The number of esters is 1. The van der Waals surface area contributed by atoms with Gasteiger partial charge in [-0.05, 0) is 25.1 Å². The van der Waals surface area contributed by atoms with Crippen molar-refractivity contribution in [1.29, 1.82) is 10.7 Å². The zero-order valence-corrected chi connectivity index (χ0v) is 15.6. The normalized spacial score (nSPS) is 17.2. The number of benzene rings is 1. The maximum atomic E-state index is 12.3. The highest BCUT2D eigenvalue weighted by atomic mass is 35.5. The van der Waals surface area contributed by atoms with E-state index in [1.54, 1.807) is 24.3 Å². The number of carbonyl (C=O) groups excluding carboxylic acids is 3. The minimum atomic E-state index is -1.24. The Morgan fingerprint density at radius 3 is 2.78 bits per heavy atom. The molecule has 0 spiro atoms. The molecule has 1 amide bonds. The number of carbonyl (C=O) groups is 3. The molecule has 0 bridgehead atoms. The van der Waals surface area contributed by atoms with Gasteiger partial charge in [0.05, 0.1) is 24.8 Å². The first-order valence-electron chi connectivity index (χ1n) is 8.06. The number of anilines is 1. The van der Waals surface area contributed by atoms with E-state index in [2.05, 4.69) is 0 Å². The quantitative estimate of drug-likeness (QED) is 0.560. The summed E-state index contributed by atoms with van der Waals surface area (Å²) < 4.78 is 10.2. The van der Waals surface area contributed by atoms with E-state index >= 15 is 0 Å². The van der Waals surface area contributed by atoms with Crippen molar-refractivity contribution < 1.29 is 23.9 Å². The van der Waals surface area contributed by atoms with Crippen molar-refractivity contribution in [3.63, 3.8) is 0 Å². The van der Waals surface area contributed by atoms with Crippen molar-refractivity contribution >= 4 is 40.7 Å². The van der Waals surface area contributed by atoms with E-state index in [9.17, 15) is 14.4 Å². The minimum absolute atomic E-state index is 0.0633. The van der Waals surface area contributed by atoms with Crippen LogP contribution >= 0.6 is 11.6 Å². The first kappa shape index (κ1) is 20.4. The van der Waals surface area contributed by atoms with Gasteiger partial charge in [-0.1, -0.05) is 11.6 Å². The Morgan fingerprint density at radius 1 is 1.48 bits per heavy atom. The Bertz CT molecular complexity index is 833. The molecule has 1 aromatic carbocycles. The van der Waals surface area contributed by atoms with Gasteiger partial charge in [0, 0.05) is 23.7 Å². The second-order valence-corrected chi connectivity index (χ2v) is 6.48. The van der Waals surface area contributed by atoms with Crippen LogP contribution in [0.2, 0.25) is 5.02 Å². The molecule has 9 heteroatoms. The summed E-state index contributed by atoms with van der Waals surface area (Å²) in [5.41, 5.74) is 0.333. The molecule has 0 aromatic heterocycles. The number of ether oxygens (including phenoxy) is 2. The summed E-state index contributed by atoms with van der Waals surface area (Å²) in [5.74, 6) is -3.23. The number of hydrogen-bond acceptors (Lipinski definition) is 7. The lowest BCUT2D eigenvalue weighted by Gasteiger charge is -2.19. The Balaban J connectivity index is 2.04. The molecule has 0 radical (unpaired) electrons. The van der Waals surface area contributed by atoms with Crippen LogP contribution in [-0.2, 0) is 19.1 Å². The summed E-state index contributed by atoms with van der Waals surface area (Å²) in [6.45, 7) is 0.784. The van der Waals surface area contributed by atoms with Crippen molar-refractivity contribution in [2.24, 2.45) is 11.8 Å². The largest absolute Gasteiger partial charge is 0.495 e. The molecule has 1 aromatic rings. The van der Waals surface area contributed by atoms with Crippen molar-refractivity contribution in [2.45, 2.75) is 13.3 Å². The van der Waals surface area contributed by atoms with Crippen LogP contribution in [0.15, 0.2) is 18.2 Å². The summed E-state index contributed by atoms with van der Waals surface area (Å²) in [6.07, 6.45) is -0.0754. The number of hydrogen-bond donors (Lipinski definition) is 1. The van der Waals surface area contributed by atoms with Crippen LogP contribution in [0, 0.1) is 28.6 Å². The van der Waals surface area contributed by atoms with Crippen molar-refractivity contribution in [2.75, 3.05) is 25.2 Å². The lowest BCUT2D eigenvalue weighted by Crippen LogP contribution is -2.29. The molecule has 1 fully saturated rings. The van der Waals surface area contributed by atoms with E-state index < -0.39 is 30.2 Å². The molecule has 8 nitrogen and oxygen atoms in total. The zero-order chi connectivity index (χ0) is 20.1. The van der Waals surface area contributed by atoms with Crippen molar-refractivity contribution in [3.05, 3.63) is 23.2 Å². The average Bonchev–Trinajstić information content (AvgIpc) is 3.01. The molecule has 2 rings (SSSR count). The molecule has 1 aliphatic rings. The monoisotopic (exact) mass is 391 g/mol. The number of nitriles is 1. The standard InChI is InChI=1S/C18H18ClN3O5/c1-10(21)13(7-20)15(23)9-27-18(25)11-5-17(24)22(8-11)14-6-12(19)3-4-16(14)26-2/h3-4,6,11,13,21H,5,8-9H2,1-2H3/t11-,13?/m0/s1. The van der Waals surface area contributed by atoms with Gasteiger partial charge in [0.25, 0.3) is 0 Å². The number of amides is 1. The topological polar surface area (TPSA) is 121 Å². The molecule has 1 aliphatic heterocycles. The first-order chi connectivity index (χ1) is 12.8. The fourth-order valence-corrected chi connectivity index (χ4v) is 2.89.